The molecule has 0 aliphatic heterocycles. The van der Waals surface area contributed by atoms with Gasteiger partial charge in [0, 0.05) is 13.1 Å². The van der Waals surface area contributed by atoms with E-state index in [0.717, 1.165) is 0 Å². The van der Waals surface area contributed by atoms with Crippen LogP contribution in [0.25, 0.3) is 0 Å². The lowest BCUT2D eigenvalue weighted by molar-refractivity contribution is -0.123. The van der Waals surface area contributed by atoms with Gasteiger partial charge in [-0.15, -0.1) is 0 Å². The number of aliphatic hydroxyl groups excluding tert-OH is 1. The SMILES string of the molecule is CN(C)CC(O)CNC(=O)COc1ccc(F)cc1. The number of hydrogen-bond donors (Lipinski definition) is 2. The molecule has 0 aliphatic carbocycles. The van der Waals surface area contributed by atoms with Crippen LogP contribution < -0.4 is 10.1 Å². The molecule has 0 aliphatic rings. The lowest BCUT2D eigenvalue weighted by Gasteiger charge is -2.16. The lowest BCUT2D eigenvalue weighted by atomic mass is 10.3. The third kappa shape index (κ3) is 6.73. The summed E-state index contributed by atoms with van der Waals surface area (Å²) in [6.07, 6.45) is -0.621. The van der Waals surface area contributed by atoms with Gasteiger partial charge in [0.15, 0.2) is 6.61 Å². The molecule has 1 amide bonds. The fraction of sp³-hybridized carbons (Fsp3) is 0.462. The zero-order valence-electron chi connectivity index (χ0n) is 11.1. The number of likely N-dealkylation sites (N-methyl/N-ethyl adjacent to an activating group) is 1. The number of carbonyl (C=O) groups is 1. The number of benzene rings is 1. The highest BCUT2D eigenvalue weighted by Gasteiger charge is 2.08. The Balaban J connectivity index is 2.22. The number of nitrogens with one attached hydrogen (secondary N) is 1. The van der Waals surface area contributed by atoms with Gasteiger partial charge in [0.05, 0.1) is 6.10 Å². The maximum atomic E-state index is 12.6. The Morgan fingerprint density at radius 3 is 2.63 bits per heavy atom. The van der Waals surface area contributed by atoms with Crippen LogP contribution in [0.3, 0.4) is 0 Å². The first kappa shape index (κ1) is 15.4. The molecule has 6 heteroatoms. The van der Waals surface area contributed by atoms with Crippen LogP contribution in [0.1, 0.15) is 0 Å². The molecule has 19 heavy (non-hydrogen) atoms. The predicted molar refractivity (Wildman–Crippen MR) is 69.5 cm³/mol. The lowest BCUT2D eigenvalue weighted by Crippen LogP contribution is -2.39. The third-order valence-electron chi connectivity index (χ3n) is 2.29. The summed E-state index contributed by atoms with van der Waals surface area (Å²) in [6, 6.07) is 5.41. The summed E-state index contributed by atoms with van der Waals surface area (Å²) in [5.74, 6) is -0.267. The van der Waals surface area contributed by atoms with Gasteiger partial charge >= 0.3 is 0 Å². The van der Waals surface area contributed by atoms with Crippen LogP contribution in [-0.4, -0.2) is 55.8 Å². The molecule has 1 atom stereocenters. The van der Waals surface area contributed by atoms with Crippen LogP contribution in [0.4, 0.5) is 4.39 Å². The van der Waals surface area contributed by atoms with E-state index in [1.54, 1.807) is 0 Å². The van der Waals surface area contributed by atoms with Crippen molar-refractivity contribution in [2.45, 2.75) is 6.10 Å². The average Bonchev–Trinajstić information content (AvgIpc) is 2.35. The standard InChI is InChI=1S/C13H19FN2O3/c1-16(2)8-11(17)7-15-13(18)9-19-12-5-3-10(14)4-6-12/h3-6,11,17H,7-9H2,1-2H3,(H,15,18). The fourth-order valence-electron chi connectivity index (χ4n) is 1.45. The second-order valence-corrected chi connectivity index (χ2v) is 4.46. The van der Waals surface area contributed by atoms with Crippen molar-refractivity contribution in [3.63, 3.8) is 0 Å². The molecule has 0 spiro atoms. The first-order chi connectivity index (χ1) is 8.97. The second-order valence-electron chi connectivity index (χ2n) is 4.46. The Morgan fingerprint density at radius 2 is 2.05 bits per heavy atom. The number of ether oxygens (including phenoxy) is 1. The van der Waals surface area contributed by atoms with E-state index < -0.39 is 6.10 Å². The molecule has 0 saturated carbocycles. The van der Waals surface area contributed by atoms with Gasteiger partial charge in [0.25, 0.3) is 5.91 Å². The molecule has 5 nitrogen and oxygen atoms in total. The molecule has 0 heterocycles. The van der Waals surface area contributed by atoms with E-state index in [9.17, 15) is 14.3 Å². The predicted octanol–water partition coefficient (Wildman–Crippen LogP) is 0.243. The van der Waals surface area contributed by atoms with Gasteiger partial charge in [-0.3, -0.25) is 4.79 Å². The maximum absolute atomic E-state index is 12.6. The van der Waals surface area contributed by atoms with Gasteiger partial charge in [0.2, 0.25) is 0 Å². The summed E-state index contributed by atoms with van der Waals surface area (Å²) in [5.41, 5.74) is 0. The van der Waals surface area contributed by atoms with E-state index in [-0.39, 0.29) is 24.9 Å². The van der Waals surface area contributed by atoms with Crippen LogP contribution in [0.15, 0.2) is 24.3 Å². The normalized spacial score (nSPS) is 12.3. The summed E-state index contributed by atoms with van der Waals surface area (Å²) < 4.78 is 17.8. The number of carbonyl (C=O) groups excluding carboxylic acids is 1. The molecule has 0 radical (unpaired) electrons. The Bertz CT molecular complexity index is 395. The van der Waals surface area contributed by atoms with Crippen molar-refractivity contribution in [3.8, 4) is 5.75 Å². The fourth-order valence-corrected chi connectivity index (χ4v) is 1.45. The Kier molecular flexibility index (Phi) is 6.24. The van der Waals surface area contributed by atoms with Gasteiger partial charge in [-0.1, -0.05) is 0 Å². The third-order valence-corrected chi connectivity index (χ3v) is 2.29. The summed E-state index contributed by atoms with van der Waals surface area (Å²) in [7, 11) is 3.67. The topological polar surface area (TPSA) is 61.8 Å². The smallest absolute Gasteiger partial charge is 0.258 e. The molecule has 1 unspecified atom stereocenters. The highest BCUT2D eigenvalue weighted by atomic mass is 19.1. The molecule has 0 aromatic heterocycles. The quantitative estimate of drug-likeness (QED) is 0.745. The monoisotopic (exact) mass is 270 g/mol. The number of nitrogens with zero attached hydrogens (tertiary/aromatic N) is 1. The Hall–Kier alpha value is -1.66. The van der Waals surface area contributed by atoms with Crippen LogP contribution in [0.2, 0.25) is 0 Å². The average molecular weight is 270 g/mol. The number of hydrogen-bond acceptors (Lipinski definition) is 4. The van der Waals surface area contributed by atoms with Crippen molar-refractivity contribution in [2.75, 3.05) is 33.8 Å². The molecule has 106 valence electrons. The zero-order valence-corrected chi connectivity index (χ0v) is 11.1. The highest BCUT2D eigenvalue weighted by molar-refractivity contribution is 5.77. The van der Waals surface area contributed by atoms with Crippen LogP contribution >= 0.6 is 0 Å². The van der Waals surface area contributed by atoms with E-state index in [1.807, 2.05) is 19.0 Å². The number of rotatable bonds is 7. The Morgan fingerprint density at radius 1 is 1.42 bits per heavy atom. The van der Waals surface area contributed by atoms with E-state index in [2.05, 4.69) is 5.32 Å². The van der Waals surface area contributed by atoms with Crippen molar-refractivity contribution < 1.29 is 19.0 Å². The summed E-state index contributed by atoms with van der Waals surface area (Å²) in [4.78, 5) is 13.3. The minimum atomic E-state index is -0.621. The van der Waals surface area contributed by atoms with Gasteiger partial charge in [-0.05, 0) is 38.4 Å². The summed E-state index contributed by atoms with van der Waals surface area (Å²) in [6.45, 7) is 0.475. The van der Waals surface area contributed by atoms with Crippen molar-refractivity contribution in [1.82, 2.24) is 10.2 Å². The molecule has 0 bridgehead atoms. The Labute approximate surface area is 112 Å². The number of aliphatic hydroxyl groups is 1. The first-order valence-corrected chi connectivity index (χ1v) is 5.95. The summed E-state index contributed by atoms with van der Waals surface area (Å²) >= 11 is 0. The van der Waals surface area contributed by atoms with Crippen molar-refractivity contribution in [3.05, 3.63) is 30.1 Å². The van der Waals surface area contributed by atoms with E-state index >= 15 is 0 Å². The minimum Gasteiger partial charge on any atom is -0.484 e. The molecule has 1 aromatic carbocycles. The van der Waals surface area contributed by atoms with E-state index in [0.29, 0.717) is 12.3 Å². The van der Waals surface area contributed by atoms with Gasteiger partial charge < -0.3 is 20.1 Å². The van der Waals surface area contributed by atoms with Crippen LogP contribution in [-0.2, 0) is 4.79 Å². The molecule has 1 rings (SSSR count). The molecule has 1 aromatic rings. The van der Waals surface area contributed by atoms with Gasteiger partial charge in [-0.25, -0.2) is 4.39 Å². The van der Waals surface area contributed by atoms with Gasteiger partial charge in [0.1, 0.15) is 11.6 Å². The maximum Gasteiger partial charge on any atom is 0.258 e. The van der Waals surface area contributed by atoms with Gasteiger partial charge in [-0.2, -0.15) is 0 Å². The van der Waals surface area contributed by atoms with Crippen molar-refractivity contribution in [2.24, 2.45) is 0 Å². The first-order valence-electron chi connectivity index (χ1n) is 5.95. The van der Waals surface area contributed by atoms with Crippen LogP contribution in [0, 0.1) is 5.82 Å². The summed E-state index contributed by atoms with van der Waals surface area (Å²) in [5, 5.41) is 12.1. The molecular weight excluding hydrogens is 251 g/mol. The highest BCUT2D eigenvalue weighted by Crippen LogP contribution is 2.10. The van der Waals surface area contributed by atoms with Crippen LogP contribution in [0.5, 0.6) is 5.75 Å². The largest absolute Gasteiger partial charge is 0.484 e. The van der Waals surface area contributed by atoms with E-state index in [4.69, 9.17) is 4.74 Å². The zero-order chi connectivity index (χ0) is 14.3. The van der Waals surface area contributed by atoms with Crippen molar-refractivity contribution >= 4 is 5.91 Å². The van der Waals surface area contributed by atoms with E-state index in [1.165, 1.54) is 24.3 Å². The molecule has 2 N–H and O–H groups in total. The molecule has 0 fully saturated rings. The molecular formula is C13H19FN2O3. The van der Waals surface area contributed by atoms with Crippen molar-refractivity contribution in [1.29, 1.82) is 0 Å². The number of amides is 1. The molecule has 0 saturated heterocycles. The minimum absolute atomic E-state index is 0.166. The number of halogens is 1. The second kappa shape index (κ2) is 7.70.